The highest BCUT2D eigenvalue weighted by molar-refractivity contribution is 14.0. The van der Waals surface area contributed by atoms with Crippen molar-refractivity contribution in [2.75, 3.05) is 32.9 Å². The average Bonchev–Trinajstić information content (AvgIpc) is 3.01. The Morgan fingerprint density at radius 2 is 2.08 bits per heavy atom. The predicted molar refractivity (Wildman–Crippen MR) is 109 cm³/mol. The average molecular weight is 468 g/mol. The fraction of sp³-hybridized carbons (Fsp3) is 0.588. The molecule has 0 aliphatic carbocycles. The van der Waals surface area contributed by atoms with Gasteiger partial charge in [-0.3, -0.25) is 0 Å². The molecule has 136 valence electrons. The molecule has 5 nitrogen and oxygen atoms in total. The van der Waals surface area contributed by atoms with Crippen molar-refractivity contribution in [3.05, 3.63) is 34.9 Å². The quantitative estimate of drug-likeness (QED) is 0.328. The highest BCUT2D eigenvalue weighted by Gasteiger charge is 2.34. The summed E-state index contributed by atoms with van der Waals surface area (Å²) in [5.41, 5.74) is 1.12. The van der Waals surface area contributed by atoms with E-state index in [1.807, 2.05) is 31.2 Å². The third kappa shape index (κ3) is 6.74. The van der Waals surface area contributed by atoms with Gasteiger partial charge < -0.3 is 20.5 Å². The zero-order valence-corrected chi connectivity index (χ0v) is 17.1. The van der Waals surface area contributed by atoms with E-state index in [1.54, 1.807) is 0 Å². The van der Waals surface area contributed by atoms with Crippen molar-refractivity contribution in [1.82, 2.24) is 10.6 Å². The topological polar surface area (TPSA) is 65.9 Å². The fourth-order valence-corrected chi connectivity index (χ4v) is 2.81. The van der Waals surface area contributed by atoms with Crippen LogP contribution in [0, 0.1) is 5.41 Å². The molecule has 0 bridgehead atoms. The molecule has 1 saturated heterocycles. The van der Waals surface area contributed by atoms with E-state index in [1.165, 1.54) is 0 Å². The van der Waals surface area contributed by atoms with Gasteiger partial charge in [0.15, 0.2) is 5.96 Å². The number of rotatable bonds is 7. The van der Waals surface area contributed by atoms with Crippen LogP contribution in [0.5, 0.6) is 0 Å². The van der Waals surface area contributed by atoms with Gasteiger partial charge in [-0.1, -0.05) is 23.7 Å². The van der Waals surface area contributed by atoms with Gasteiger partial charge in [-0.15, -0.1) is 24.0 Å². The molecule has 0 radical (unpaired) electrons. The van der Waals surface area contributed by atoms with Crippen LogP contribution < -0.4 is 10.6 Å². The molecular weight excluding hydrogens is 441 g/mol. The maximum atomic E-state index is 9.29. The lowest BCUT2D eigenvalue weighted by atomic mass is 9.84. The van der Waals surface area contributed by atoms with Gasteiger partial charge in [-0.2, -0.15) is 0 Å². The van der Waals surface area contributed by atoms with Gasteiger partial charge in [0, 0.05) is 36.7 Å². The number of aliphatic imine (C=N–C) groups is 1. The first kappa shape index (κ1) is 21.5. The molecule has 0 saturated carbocycles. The molecule has 0 amide bonds. The van der Waals surface area contributed by atoms with E-state index in [9.17, 15) is 5.11 Å². The SMILES string of the molecule is CCNC(=NCc1ccc(Cl)cc1)NCC1(CCO)CCOC1.I. The van der Waals surface area contributed by atoms with Gasteiger partial charge in [-0.25, -0.2) is 4.99 Å². The first-order valence-electron chi connectivity index (χ1n) is 8.13. The van der Waals surface area contributed by atoms with Crippen LogP contribution in [0.1, 0.15) is 25.3 Å². The summed E-state index contributed by atoms with van der Waals surface area (Å²) < 4.78 is 5.52. The molecule has 1 heterocycles. The van der Waals surface area contributed by atoms with E-state index >= 15 is 0 Å². The molecule has 3 N–H and O–H groups in total. The molecule has 1 aromatic carbocycles. The molecule has 1 aliphatic heterocycles. The van der Waals surface area contributed by atoms with Gasteiger partial charge in [-0.05, 0) is 37.5 Å². The van der Waals surface area contributed by atoms with Crippen molar-refractivity contribution in [1.29, 1.82) is 0 Å². The van der Waals surface area contributed by atoms with Crippen molar-refractivity contribution in [2.45, 2.75) is 26.3 Å². The lowest BCUT2D eigenvalue weighted by Crippen LogP contribution is -2.44. The summed E-state index contributed by atoms with van der Waals surface area (Å²) in [7, 11) is 0. The zero-order chi connectivity index (χ0) is 16.5. The molecule has 0 spiro atoms. The summed E-state index contributed by atoms with van der Waals surface area (Å²) in [5.74, 6) is 0.784. The van der Waals surface area contributed by atoms with Crippen LogP contribution in [0.4, 0.5) is 0 Å². The van der Waals surface area contributed by atoms with Crippen LogP contribution in [-0.2, 0) is 11.3 Å². The number of ether oxygens (including phenoxy) is 1. The highest BCUT2D eigenvalue weighted by Crippen LogP contribution is 2.31. The Hall–Kier alpha value is -0.570. The van der Waals surface area contributed by atoms with E-state index in [4.69, 9.17) is 16.3 Å². The number of guanidine groups is 1. The number of hydrogen-bond acceptors (Lipinski definition) is 3. The minimum Gasteiger partial charge on any atom is -0.396 e. The summed E-state index contributed by atoms with van der Waals surface area (Å²) in [6.07, 6.45) is 1.72. The zero-order valence-electron chi connectivity index (χ0n) is 14.1. The molecule has 0 aromatic heterocycles. The van der Waals surface area contributed by atoms with Gasteiger partial charge in [0.1, 0.15) is 0 Å². The Morgan fingerprint density at radius 1 is 1.33 bits per heavy atom. The molecule has 1 aromatic rings. The highest BCUT2D eigenvalue weighted by atomic mass is 127. The van der Waals surface area contributed by atoms with Crippen LogP contribution in [0.25, 0.3) is 0 Å². The van der Waals surface area contributed by atoms with E-state index < -0.39 is 0 Å². The maximum Gasteiger partial charge on any atom is 0.191 e. The Bertz CT molecular complexity index is 505. The second-order valence-electron chi connectivity index (χ2n) is 5.95. The summed E-state index contributed by atoms with van der Waals surface area (Å²) in [6, 6.07) is 7.71. The summed E-state index contributed by atoms with van der Waals surface area (Å²) >= 11 is 5.90. The fourth-order valence-electron chi connectivity index (χ4n) is 2.68. The van der Waals surface area contributed by atoms with Crippen molar-refractivity contribution in [3.8, 4) is 0 Å². The molecule has 1 atom stereocenters. The monoisotopic (exact) mass is 467 g/mol. The first-order chi connectivity index (χ1) is 11.2. The number of aliphatic hydroxyl groups is 1. The van der Waals surface area contributed by atoms with Gasteiger partial charge in [0.05, 0.1) is 13.2 Å². The predicted octanol–water partition coefficient (Wildman–Crippen LogP) is 2.80. The maximum absolute atomic E-state index is 9.29. The normalized spacial score (nSPS) is 20.5. The van der Waals surface area contributed by atoms with Crippen molar-refractivity contribution in [2.24, 2.45) is 10.4 Å². The third-order valence-electron chi connectivity index (χ3n) is 4.14. The van der Waals surface area contributed by atoms with Crippen molar-refractivity contribution < 1.29 is 9.84 Å². The Kier molecular flexibility index (Phi) is 9.95. The van der Waals surface area contributed by atoms with Gasteiger partial charge in [0.25, 0.3) is 0 Å². The Labute approximate surface area is 166 Å². The van der Waals surface area contributed by atoms with E-state index in [-0.39, 0.29) is 36.0 Å². The minimum atomic E-state index is 0. The summed E-state index contributed by atoms with van der Waals surface area (Å²) in [4.78, 5) is 4.61. The third-order valence-corrected chi connectivity index (χ3v) is 4.39. The minimum absolute atomic E-state index is 0. The Morgan fingerprint density at radius 3 is 2.67 bits per heavy atom. The second kappa shape index (κ2) is 11.1. The Balaban J connectivity index is 0.00000288. The molecule has 1 unspecified atom stereocenters. The first-order valence-corrected chi connectivity index (χ1v) is 8.50. The van der Waals surface area contributed by atoms with E-state index in [0.717, 1.165) is 49.1 Å². The molecule has 1 aliphatic rings. The number of halogens is 2. The van der Waals surface area contributed by atoms with Crippen LogP contribution in [0.3, 0.4) is 0 Å². The molecular formula is C17H27ClIN3O2. The number of nitrogens with one attached hydrogen (secondary N) is 2. The van der Waals surface area contributed by atoms with Gasteiger partial charge in [0.2, 0.25) is 0 Å². The second-order valence-corrected chi connectivity index (χ2v) is 6.39. The lowest BCUT2D eigenvalue weighted by molar-refractivity contribution is 0.127. The van der Waals surface area contributed by atoms with Crippen molar-refractivity contribution in [3.63, 3.8) is 0 Å². The van der Waals surface area contributed by atoms with Crippen molar-refractivity contribution >= 4 is 41.5 Å². The van der Waals surface area contributed by atoms with Gasteiger partial charge >= 0.3 is 0 Å². The number of hydrogen-bond donors (Lipinski definition) is 3. The largest absolute Gasteiger partial charge is 0.396 e. The number of aliphatic hydroxyl groups excluding tert-OH is 1. The standard InChI is InChI=1S/C17H26ClN3O2.HI/c1-2-19-16(20-11-14-3-5-15(18)6-4-14)21-12-17(7-9-22)8-10-23-13-17;/h3-6,22H,2,7-13H2,1H3,(H2,19,20,21);1H. The molecule has 7 heteroatoms. The number of benzene rings is 1. The lowest BCUT2D eigenvalue weighted by Gasteiger charge is -2.27. The van der Waals surface area contributed by atoms with E-state index in [0.29, 0.717) is 13.2 Å². The molecule has 2 rings (SSSR count). The molecule has 1 fully saturated rings. The smallest absolute Gasteiger partial charge is 0.191 e. The van der Waals surface area contributed by atoms with Crippen LogP contribution >= 0.6 is 35.6 Å². The summed E-state index contributed by atoms with van der Waals surface area (Å²) in [5, 5.41) is 16.7. The van der Waals surface area contributed by atoms with E-state index in [2.05, 4.69) is 15.6 Å². The van der Waals surface area contributed by atoms with Crippen LogP contribution in [0.15, 0.2) is 29.3 Å². The van der Waals surface area contributed by atoms with Crippen LogP contribution in [0.2, 0.25) is 5.02 Å². The van der Waals surface area contributed by atoms with Crippen LogP contribution in [-0.4, -0.2) is 44.0 Å². The molecule has 24 heavy (non-hydrogen) atoms. The number of nitrogens with zero attached hydrogens (tertiary/aromatic N) is 1. The summed E-state index contributed by atoms with van der Waals surface area (Å²) in [6.45, 7) is 5.83.